The Morgan fingerprint density at radius 3 is 2.40 bits per heavy atom. The van der Waals surface area contributed by atoms with Crippen molar-refractivity contribution in [3.05, 3.63) is 58.7 Å². The Bertz CT molecular complexity index is 742. The van der Waals surface area contributed by atoms with Crippen molar-refractivity contribution in [1.29, 1.82) is 0 Å². The van der Waals surface area contributed by atoms with Crippen LogP contribution >= 0.6 is 0 Å². The summed E-state index contributed by atoms with van der Waals surface area (Å²) in [5, 5.41) is 10.5. The summed E-state index contributed by atoms with van der Waals surface area (Å²) in [7, 11) is 1.22. The number of hydrogen-bond acceptors (Lipinski definition) is 4. The van der Waals surface area contributed by atoms with E-state index in [1.165, 1.54) is 18.2 Å². The first-order chi connectivity index (χ1) is 12.0. The number of anilines is 1. The zero-order chi connectivity index (χ0) is 18.4. The fourth-order valence-corrected chi connectivity index (χ4v) is 2.75. The fourth-order valence-electron chi connectivity index (χ4n) is 2.75. The minimum atomic E-state index is -0.843. The quantitative estimate of drug-likeness (QED) is 0.612. The van der Waals surface area contributed by atoms with E-state index in [0.29, 0.717) is 16.3 Å². The molecule has 2 aromatic rings. The third kappa shape index (κ3) is 4.31. The van der Waals surface area contributed by atoms with Gasteiger partial charge >= 0.3 is 6.09 Å². The second-order valence-electron chi connectivity index (χ2n) is 5.79. The molecule has 0 radical (unpaired) electrons. The molecule has 1 amide bonds. The standard InChI is InChI=1S/C20H25NO4/c1-5-15-12-16(6-2)19(11-14(15)3)25-13-17-9-7-8-10-18(17)21(23)20(22)24-4/h7-12,23H,5-6,13H2,1-4H3. The summed E-state index contributed by atoms with van der Waals surface area (Å²) in [4.78, 5) is 11.6. The number of aryl methyl sites for hydroxylation is 3. The molecule has 0 aromatic heterocycles. The average molecular weight is 343 g/mol. The number of amides is 1. The summed E-state index contributed by atoms with van der Waals surface area (Å²) in [5.74, 6) is 0.828. The Morgan fingerprint density at radius 1 is 1.08 bits per heavy atom. The third-order valence-corrected chi connectivity index (χ3v) is 4.23. The van der Waals surface area contributed by atoms with E-state index in [-0.39, 0.29) is 6.61 Å². The zero-order valence-electron chi connectivity index (χ0n) is 15.2. The fraction of sp³-hybridized carbons (Fsp3) is 0.350. The highest BCUT2D eigenvalue weighted by Crippen LogP contribution is 2.27. The largest absolute Gasteiger partial charge is 0.489 e. The van der Waals surface area contributed by atoms with Crippen LogP contribution in [0.25, 0.3) is 0 Å². The van der Waals surface area contributed by atoms with E-state index >= 15 is 0 Å². The normalized spacial score (nSPS) is 10.4. The van der Waals surface area contributed by atoms with Crippen molar-refractivity contribution in [2.75, 3.05) is 12.2 Å². The maximum absolute atomic E-state index is 11.6. The number of ether oxygens (including phenoxy) is 2. The molecule has 0 spiro atoms. The Hall–Kier alpha value is -2.53. The molecule has 0 bridgehead atoms. The van der Waals surface area contributed by atoms with Crippen LogP contribution in [0.3, 0.4) is 0 Å². The van der Waals surface area contributed by atoms with E-state index in [0.717, 1.165) is 24.2 Å². The Balaban J connectivity index is 2.25. The summed E-state index contributed by atoms with van der Waals surface area (Å²) < 4.78 is 10.6. The van der Waals surface area contributed by atoms with Crippen molar-refractivity contribution >= 4 is 11.8 Å². The number of hydrogen-bond donors (Lipinski definition) is 1. The van der Waals surface area contributed by atoms with Crippen molar-refractivity contribution in [3.8, 4) is 5.75 Å². The van der Waals surface area contributed by atoms with Gasteiger partial charge in [0.1, 0.15) is 12.4 Å². The van der Waals surface area contributed by atoms with Gasteiger partial charge in [-0.15, -0.1) is 0 Å². The second-order valence-corrected chi connectivity index (χ2v) is 5.79. The van der Waals surface area contributed by atoms with Crippen LogP contribution < -0.4 is 9.80 Å². The van der Waals surface area contributed by atoms with Gasteiger partial charge in [-0.3, -0.25) is 5.21 Å². The van der Waals surface area contributed by atoms with Gasteiger partial charge in [-0.25, -0.2) is 4.79 Å². The van der Waals surface area contributed by atoms with E-state index in [1.54, 1.807) is 18.2 Å². The van der Waals surface area contributed by atoms with Gasteiger partial charge in [-0.2, -0.15) is 5.06 Å². The van der Waals surface area contributed by atoms with Crippen LogP contribution in [0.5, 0.6) is 5.75 Å². The van der Waals surface area contributed by atoms with Gasteiger partial charge < -0.3 is 9.47 Å². The number of carbonyl (C=O) groups excluding carboxylic acids is 1. The number of nitrogens with zero attached hydrogens (tertiary/aromatic N) is 1. The molecule has 0 aliphatic rings. The number of carbonyl (C=O) groups is 1. The topological polar surface area (TPSA) is 59.0 Å². The lowest BCUT2D eigenvalue weighted by Gasteiger charge is -2.19. The summed E-state index contributed by atoms with van der Waals surface area (Å²) >= 11 is 0. The average Bonchev–Trinajstić information content (AvgIpc) is 2.65. The number of rotatable bonds is 6. The summed E-state index contributed by atoms with van der Waals surface area (Å²) in [6, 6.07) is 11.3. The van der Waals surface area contributed by atoms with Crippen LogP contribution in [0, 0.1) is 6.92 Å². The lowest BCUT2D eigenvalue weighted by Crippen LogP contribution is -2.27. The van der Waals surface area contributed by atoms with Gasteiger partial charge in [-0.05, 0) is 48.6 Å². The molecule has 0 atom stereocenters. The molecule has 25 heavy (non-hydrogen) atoms. The smallest absolute Gasteiger partial charge is 0.438 e. The maximum atomic E-state index is 11.6. The third-order valence-electron chi connectivity index (χ3n) is 4.23. The molecule has 5 nitrogen and oxygen atoms in total. The first-order valence-electron chi connectivity index (χ1n) is 8.41. The van der Waals surface area contributed by atoms with Gasteiger partial charge in [0.2, 0.25) is 0 Å². The molecule has 5 heteroatoms. The molecule has 0 fully saturated rings. The SMILES string of the molecule is CCc1cc(CC)c(OCc2ccccc2N(O)C(=O)OC)cc1C. The molecule has 1 N–H and O–H groups in total. The summed E-state index contributed by atoms with van der Waals surface area (Å²) in [6.07, 6.45) is 1.02. The van der Waals surface area contributed by atoms with Crippen LogP contribution in [-0.4, -0.2) is 18.4 Å². The lowest BCUT2D eigenvalue weighted by atomic mass is 10.0. The van der Waals surface area contributed by atoms with Crippen LogP contribution in [-0.2, 0) is 24.2 Å². The predicted molar refractivity (Wildman–Crippen MR) is 97.4 cm³/mol. The molecule has 0 unspecified atom stereocenters. The highest BCUT2D eigenvalue weighted by molar-refractivity contribution is 5.85. The van der Waals surface area contributed by atoms with Crippen LogP contribution in [0.2, 0.25) is 0 Å². The Morgan fingerprint density at radius 2 is 1.76 bits per heavy atom. The lowest BCUT2D eigenvalue weighted by molar-refractivity contribution is 0.140. The van der Waals surface area contributed by atoms with Gasteiger partial charge in [0.05, 0.1) is 12.8 Å². The minimum Gasteiger partial charge on any atom is -0.489 e. The number of hydroxylamine groups is 1. The highest BCUT2D eigenvalue weighted by atomic mass is 16.6. The second kappa shape index (κ2) is 8.53. The number of benzene rings is 2. The zero-order valence-corrected chi connectivity index (χ0v) is 15.2. The molecule has 0 aliphatic heterocycles. The summed E-state index contributed by atoms with van der Waals surface area (Å²) in [5.41, 5.74) is 4.69. The van der Waals surface area contributed by atoms with Crippen molar-refractivity contribution in [2.24, 2.45) is 0 Å². The van der Waals surface area contributed by atoms with Gasteiger partial charge in [0.15, 0.2) is 0 Å². The molecule has 0 aliphatic carbocycles. The van der Waals surface area contributed by atoms with Gasteiger partial charge in [0, 0.05) is 5.56 Å². The molecular formula is C20H25NO4. The van der Waals surface area contributed by atoms with Crippen LogP contribution in [0.1, 0.15) is 36.1 Å². The number of methoxy groups -OCH3 is 1. The summed E-state index contributed by atoms with van der Waals surface area (Å²) in [6.45, 7) is 6.55. The van der Waals surface area contributed by atoms with E-state index in [9.17, 15) is 10.0 Å². The van der Waals surface area contributed by atoms with Crippen LogP contribution in [0.15, 0.2) is 36.4 Å². The molecular weight excluding hydrogens is 318 g/mol. The van der Waals surface area contributed by atoms with E-state index in [1.807, 2.05) is 6.07 Å². The van der Waals surface area contributed by atoms with Crippen molar-refractivity contribution in [1.82, 2.24) is 0 Å². The predicted octanol–water partition coefficient (Wildman–Crippen LogP) is 4.66. The van der Waals surface area contributed by atoms with Crippen molar-refractivity contribution in [3.63, 3.8) is 0 Å². The Labute approximate surface area is 148 Å². The molecule has 0 saturated carbocycles. The molecule has 2 rings (SSSR count). The van der Waals surface area contributed by atoms with Crippen molar-refractivity contribution < 1.29 is 19.5 Å². The highest BCUT2D eigenvalue weighted by Gasteiger charge is 2.17. The first kappa shape index (κ1) is 18.8. The molecule has 0 saturated heterocycles. The van der Waals surface area contributed by atoms with Gasteiger partial charge in [0.25, 0.3) is 0 Å². The van der Waals surface area contributed by atoms with E-state index in [4.69, 9.17) is 4.74 Å². The van der Waals surface area contributed by atoms with Crippen LogP contribution in [0.4, 0.5) is 10.5 Å². The van der Waals surface area contributed by atoms with E-state index in [2.05, 4.69) is 37.6 Å². The maximum Gasteiger partial charge on any atom is 0.438 e. The van der Waals surface area contributed by atoms with E-state index < -0.39 is 6.09 Å². The molecule has 134 valence electrons. The van der Waals surface area contributed by atoms with Gasteiger partial charge in [-0.1, -0.05) is 38.1 Å². The Kier molecular flexibility index (Phi) is 6.42. The first-order valence-corrected chi connectivity index (χ1v) is 8.41. The molecule has 0 heterocycles. The molecule has 2 aromatic carbocycles. The number of para-hydroxylation sites is 1. The monoisotopic (exact) mass is 343 g/mol. The van der Waals surface area contributed by atoms with Crippen molar-refractivity contribution in [2.45, 2.75) is 40.2 Å². The minimum absolute atomic E-state index is 0.238.